The lowest BCUT2D eigenvalue weighted by Gasteiger charge is -2.29. The van der Waals surface area contributed by atoms with Crippen LogP contribution in [0.1, 0.15) is 37.3 Å². The topological polar surface area (TPSA) is 68.0 Å². The van der Waals surface area contributed by atoms with E-state index in [9.17, 15) is 4.79 Å². The number of hydrogen-bond donors (Lipinski definition) is 2. The van der Waals surface area contributed by atoms with Crippen LogP contribution < -0.4 is 11.1 Å². The molecule has 0 spiro atoms. The summed E-state index contributed by atoms with van der Waals surface area (Å²) in [6, 6.07) is 16.0. The molecule has 0 saturated heterocycles. The number of halogens is 2. The summed E-state index contributed by atoms with van der Waals surface area (Å²) in [5.74, 6) is 0.127. The molecule has 3 aromatic rings. The van der Waals surface area contributed by atoms with E-state index in [2.05, 4.69) is 25.2 Å². The number of aromatic nitrogens is 1. The van der Waals surface area contributed by atoms with Crippen molar-refractivity contribution in [1.29, 1.82) is 0 Å². The molecule has 158 valence electrons. The molecule has 0 fully saturated rings. The molecule has 0 aliphatic rings. The number of nitrogens with zero attached hydrogens (tertiary/aromatic N) is 1. The van der Waals surface area contributed by atoms with Crippen LogP contribution in [-0.2, 0) is 17.6 Å². The number of nitrogens with two attached hydrogens (primary N) is 1. The Bertz CT molecular complexity index is 875. The van der Waals surface area contributed by atoms with Gasteiger partial charge in [0, 0.05) is 18.7 Å². The molecule has 1 aromatic heterocycles. The third-order valence-electron chi connectivity index (χ3n) is 5.34. The number of thiazole rings is 1. The maximum Gasteiger partial charge on any atom is 0.226 e. The normalized spacial score (nSPS) is 10.8. The molecule has 7 heteroatoms. The molecule has 1 amide bonds. The average Bonchev–Trinajstić information content (AvgIpc) is 3.10. The molecule has 0 radical (unpaired) electrons. The Balaban J connectivity index is 0.00000210. The summed E-state index contributed by atoms with van der Waals surface area (Å²) in [6.45, 7) is 4.82. The molecule has 0 unspecified atom stereocenters. The zero-order valence-electron chi connectivity index (χ0n) is 16.8. The van der Waals surface area contributed by atoms with Crippen molar-refractivity contribution in [3.8, 4) is 0 Å². The maximum atomic E-state index is 13.0. The van der Waals surface area contributed by atoms with Gasteiger partial charge in [0.05, 0.1) is 20.6 Å². The fourth-order valence-electron chi connectivity index (χ4n) is 3.38. The van der Waals surface area contributed by atoms with E-state index in [0.29, 0.717) is 13.0 Å². The molecule has 1 heterocycles. The van der Waals surface area contributed by atoms with E-state index >= 15 is 0 Å². The predicted molar refractivity (Wildman–Crippen MR) is 128 cm³/mol. The van der Waals surface area contributed by atoms with Crippen LogP contribution in [0, 0.1) is 5.41 Å². The number of anilines is 1. The Kier molecular flexibility index (Phi) is 9.90. The van der Waals surface area contributed by atoms with E-state index in [-0.39, 0.29) is 30.7 Å². The van der Waals surface area contributed by atoms with Gasteiger partial charge in [-0.2, -0.15) is 0 Å². The van der Waals surface area contributed by atoms with Crippen molar-refractivity contribution in [3.63, 3.8) is 0 Å². The van der Waals surface area contributed by atoms with Crippen molar-refractivity contribution in [2.75, 3.05) is 12.3 Å². The first kappa shape index (κ1) is 25.2. The third kappa shape index (κ3) is 6.08. The number of hydrogen-bond acceptors (Lipinski definition) is 4. The lowest BCUT2D eigenvalue weighted by atomic mass is 9.78. The second kappa shape index (κ2) is 11.4. The molecular formula is C22H29Cl2N3OS. The number of nitrogens with one attached hydrogen (secondary N) is 1. The Morgan fingerprint density at radius 3 is 2.34 bits per heavy atom. The third-order valence-corrected chi connectivity index (χ3v) is 6.38. The number of para-hydroxylation sites is 1. The summed E-state index contributed by atoms with van der Waals surface area (Å²) in [5, 5.41) is 4.18. The Morgan fingerprint density at radius 2 is 1.72 bits per heavy atom. The zero-order chi connectivity index (χ0) is 19.3. The van der Waals surface area contributed by atoms with Crippen LogP contribution in [0.4, 0.5) is 5.69 Å². The van der Waals surface area contributed by atoms with Gasteiger partial charge in [-0.15, -0.1) is 36.2 Å². The summed E-state index contributed by atoms with van der Waals surface area (Å²) in [4.78, 5) is 17.8. The Labute approximate surface area is 189 Å². The number of nitrogen functional groups attached to an aromatic ring is 1. The molecule has 0 atom stereocenters. The van der Waals surface area contributed by atoms with E-state index in [0.717, 1.165) is 35.5 Å². The minimum Gasteiger partial charge on any atom is -0.399 e. The van der Waals surface area contributed by atoms with Crippen molar-refractivity contribution in [3.05, 3.63) is 59.1 Å². The number of rotatable bonds is 8. The predicted octanol–water partition coefficient (Wildman–Crippen LogP) is 5.43. The van der Waals surface area contributed by atoms with Crippen LogP contribution >= 0.6 is 36.2 Å². The Hall–Kier alpha value is -1.82. The molecule has 0 aliphatic carbocycles. The van der Waals surface area contributed by atoms with E-state index in [1.165, 1.54) is 10.3 Å². The highest BCUT2D eigenvalue weighted by molar-refractivity contribution is 7.18. The molecule has 3 N–H and O–H groups in total. The fraction of sp³-hybridized carbons (Fsp3) is 0.364. The van der Waals surface area contributed by atoms with Crippen molar-refractivity contribution in [2.45, 2.75) is 39.5 Å². The summed E-state index contributed by atoms with van der Waals surface area (Å²) in [6.07, 6.45) is 3.09. The van der Waals surface area contributed by atoms with Gasteiger partial charge in [-0.25, -0.2) is 4.98 Å². The number of carbonyl (C=O) groups excluding carboxylic acids is 1. The van der Waals surface area contributed by atoms with Gasteiger partial charge in [0.15, 0.2) is 0 Å². The number of fused-ring (bicyclic) bond motifs is 1. The van der Waals surface area contributed by atoms with Crippen LogP contribution in [0.25, 0.3) is 10.2 Å². The van der Waals surface area contributed by atoms with E-state index in [1.807, 2.05) is 42.5 Å². The zero-order valence-corrected chi connectivity index (χ0v) is 19.3. The van der Waals surface area contributed by atoms with Gasteiger partial charge >= 0.3 is 0 Å². The standard InChI is InChI=1S/C22H27N3OS.2ClH/c1-3-22(4-2,15-20-25-18-7-5-6-8-19(18)27-20)21(26)24-14-13-16-9-11-17(23)12-10-16;;/h5-12H,3-4,13-15,23H2,1-2H3,(H,24,26);2*1H. The second-order valence-corrected chi connectivity index (χ2v) is 8.10. The first-order chi connectivity index (χ1) is 13.1. The van der Waals surface area contributed by atoms with Crippen molar-refractivity contribution in [1.82, 2.24) is 10.3 Å². The quantitative estimate of drug-likeness (QED) is 0.446. The molecule has 4 nitrogen and oxygen atoms in total. The highest BCUT2D eigenvalue weighted by Gasteiger charge is 2.35. The molecule has 0 aliphatic heterocycles. The summed E-state index contributed by atoms with van der Waals surface area (Å²) >= 11 is 1.69. The summed E-state index contributed by atoms with van der Waals surface area (Å²) in [7, 11) is 0. The van der Waals surface area contributed by atoms with Gasteiger partial charge in [0.25, 0.3) is 0 Å². The van der Waals surface area contributed by atoms with Gasteiger partial charge in [-0.05, 0) is 49.1 Å². The lowest BCUT2D eigenvalue weighted by molar-refractivity contribution is -0.131. The highest BCUT2D eigenvalue weighted by Crippen LogP contribution is 2.34. The first-order valence-electron chi connectivity index (χ1n) is 9.53. The molecule has 0 bridgehead atoms. The van der Waals surface area contributed by atoms with Gasteiger partial charge < -0.3 is 11.1 Å². The molecular weight excluding hydrogens is 425 g/mol. The van der Waals surface area contributed by atoms with Crippen LogP contribution in [0.3, 0.4) is 0 Å². The van der Waals surface area contributed by atoms with Crippen molar-refractivity contribution >= 4 is 58.0 Å². The van der Waals surface area contributed by atoms with Gasteiger partial charge in [0.1, 0.15) is 0 Å². The van der Waals surface area contributed by atoms with Crippen molar-refractivity contribution < 1.29 is 4.79 Å². The molecule has 0 saturated carbocycles. The van der Waals surface area contributed by atoms with Gasteiger partial charge in [-0.3, -0.25) is 4.79 Å². The molecule has 29 heavy (non-hydrogen) atoms. The number of amides is 1. The minimum atomic E-state index is -0.408. The highest BCUT2D eigenvalue weighted by atomic mass is 35.5. The van der Waals surface area contributed by atoms with Crippen LogP contribution in [0.15, 0.2) is 48.5 Å². The maximum absolute atomic E-state index is 13.0. The van der Waals surface area contributed by atoms with E-state index in [4.69, 9.17) is 10.7 Å². The van der Waals surface area contributed by atoms with Gasteiger partial charge in [-0.1, -0.05) is 38.1 Å². The second-order valence-electron chi connectivity index (χ2n) is 6.99. The summed E-state index contributed by atoms with van der Waals surface area (Å²) in [5.41, 5.74) is 8.27. The van der Waals surface area contributed by atoms with E-state index < -0.39 is 5.41 Å². The van der Waals surface area contributed by atoms with Crippen LogP contribution in [0.5, 0.6) is 0 Å². The average molecular weight is 454 g/mol. The molecule has 2 aromatic carbocycles. The fourth-order valence-corrected chi connectivity index (χ4v) is 4.49. The SMILES string of the molecule is CCC(CC)(Cc1nc2ccccc2s1)C(=O)NCCc1ccc(N)cc1.Cl.Cl. The minimum absolute atomic E-state index is 0. The van der Waals surface area contributed by atoms with E-state index in [1.54, 1.807) is 11.3 Å². The molecule has 3 rings (SSSR count). The smallest absolute Gasteiger partial charge is 0.226 e. The van der Waals surface area contributed by atoms with Crippen LogP contribution in [-0.4, -0.2) is 17.4 Å². The lowest BCUT2D eigenvalue weighted by Crippen LogP contribution is -2.42. The number of benzene rings is 2. The van der Waals surface area contributed by atoms with Crippen LogP contribution in [0.2, 0.25) is 0 Å². The van der Waals surface area contributed by atoms with Crippen molar-refractivity contribution in [2.24, 2.45) is 5.41 Å². The van der Waals surface area contributed by atoms with Gasteiger partial charge in [0.2, 0.25) is 5.91 Å². The first-order valence-corrected chi connectivity index (χ1v) is 10.3. The largest absolute Gasteiger partial charge is 0.399 e. The number of carbonyl (C=O) groups is 1. The Morgan fingerprint density at radius 1 is 1.07 bits per heavy atom. The monoisotopic (exact) mass is 453 g/mol. The summed E-state index contributed by atoms with van der Waals surface area (Å²) < 4.78 is 1.18.